The fraction of sp³-hybridized carbons (Fsp3) is 0.591. The standard InChI is InChI=1S/C22H26F2N6O2/c23-18(24)15-5-14(8-26-19(15)25)20-27-16(21-30-4-2-13(9-30)10-31-21)6-17(28-20)22-3-1-12(7-22)11-32-29-22/h5-6,8,12-13,18,21,29H,1-4,7,9-11H2,(H2,25,26). The lowest BCUT2D eigenvalue weighted by molar-refractivity contribution is -0.0932. The van der Waals surface area contributed by atoms with Gasteiger partial charge < -0.3 is 15.3 Å². The second-order valence-corrected chi connectivity index (χ2v) is 9.44. The quantitative estimate of drug-likeness (QED) is 0.743. The number of hydrogen-bond donors (Lipinski definition) is 2. The number of nitrogens with two attached hydrogens (primary N) is 1. The van der Waals surface area contributed by atoms with Crippen molar-refractivity contribution in [1.82, 2.24) is 25.3 Å². The van der Waals surface area contributed by atoms with Gasteiger partial charge >= 0.3 is 0 Å². The molecular formula is C22H26F2N6O2. The number of anilines is 1. The maximum absolute atomic E-state index is 13.5. The molecule has 4 aliphatic rings. The maximum Gasteiger partial charge on any atom is 0.267 e. The third-order valence-electron chi connectivity index (χ3n) is 7.27. The molecule has 6 rings (SSSR count). The summed E-state index contributed by atoms with van der Waals surface area (Å²) in [6.45, 7) is 3.32. The molecule has 8 nitrogen and oxygen atoms in total. The molecule has 10 heteroatoms. The molecule has 0 spiro atoms. The van der Waals surface area contributed by atoms with Crippen LogP contribution in [0.15, 0.2) is 18.3 Å². The zero-order valence-corrected chi connectivity index (χ0v) is 17.6. The van der Waals surface area contributed by atoms with Gasteiger partial charge in [-0.05, 0) is 49.7 Å². The van der Waals surface area contributed by atoms with Crippen molar-refractivity contribution in [3.8, 4) is 11.4 Å². The summed E-state index contributed by atoms with van der Waals surface area (Å²) in [5.74, 6) is 1.21. The van der Waals surface area contributed by atoms with Crippen LogP contribution in [-0.2, 0) is 15.1 Å². The Morgan fingerprint density at radius 1 is 1.19 bits per heavy atom. The smallest absolute Gasteiger partial charge is 0.267 e. The topological polar surface area (TPSA) is 98.4 Å². The van der Waals surface area contributed by atoms with Gasteiger partial charge in [0, 0.05) is 24.8 Å². The Labute approximate surface area is 184 Å². The highest BCUT2D eigenvalue weighted by Crippen LogP contribution is 2.45. The van der Waals surface area contributed by atoms with E-state index in [-0.39, 0.29) is 17.6 Å². The molecule has 5 atom stereocenters. The molecule has 5 heterocycles. The third kappa shape index (κ3) is 3.37. The molecule has 0 aromatic carbocycles. The Morgan fingerprint density at radius 3 is 2.97 bits per heavy atom. The lowest BCUT2D eigenvalue weighted by Gasteiger charge is -2.35. The van der Waals surface area contributed by atoms with Gasteiger partial charge in [0.15, 0.2) is 12.1 Å². The molecule has 32 heavy (non-hydrogen) atoms. The van der Waals surface area contributed by atoms with Crippen LogP contribution in [0.5, 0.6) is 0 Å². The van der Waals surface area contributed by atoms with E-state index in [0.29, 0.717) is 36.4 Å². The summed E-state index contributed by atoms with van der Waals surface area (Å²) in [5, 5.41) is 0. The van der Waals surface area contributed by atoms with Gasteiger partial charge in [-0.1, -0.05) is 0 Å². The number of rotatable bonds is 4. The average Bonchev–Trinajstić information content (AvgIpc) is 3.32. The van der Waals surface area contributed by atoms with E-state index in [4.69, 9.17) is 25.3 Å². The van der Waals surface area contributed by atoms with E-state index in [1.165, 1.54) is 12.3 Å². The van der Waals surface area contributed by atoms with Crippen LogP contribution in [0, 0.1) is 11.8 Å². The second kappa shape index (κ2) is 7.65. The molecule has 1 saturated carbocycles. The van der Waals surface area contributed by atoms with Crippen molar-refractivity contribution in [2.45, 2.75) is 43.9 Å². The second-order valence-electron chi connectivity index (χ2n) is 9.44. The first-order chi connectivity index (χ1) is 15.5. The number of nitrogen functional groups attached to an aromatic ring is 1. The molecule has 3 N–H and O–H groups in total. The zero-order valence-electron chi connectivity index (χ0n) is 17.6. The SMILES string of the molecule is Nc1ncc(-c2nc(C3OCC4CCN3C4)cc(C34CCC(CON3)C4)n2)cc1C(F)F. The molecule has 0 radical (unpaired) electrons. The van der Waals surface area contributed by atoms with E-state index in [1.807, 2.05) is 6.07 Å². The summed E-state index contributed by atoms with van der Waals surface area (Å²) < 4.78 is 33.1. The number of fused-ring (bicyclic) bond motifs is 4. The lowest BCUT2D eigenvalue weighted by Crippen LogP contribution is -2.45. The molecule has 170 valence electrons. The van der Waals surface area contributed by atoms with Crippen LogP contribution in [0.4, 0.5) is 14.6 Å². The van der Waals surface area contributed by atoms with E-state index in [2.05, 4.69) is 15.4 Å². The van der Waals surface area contributed by atoms with Crippen molar-refractivity contribution in [3.05, 3.63) is 35.3 Å². The van der Waals surface area contributed by atoms with Gasteiger partial charge in [0.2, 0.25) is 0 Å². The summed E-state index contributed by atoms with van der Waals surface area (Å²) in [4.78, 5) is 21.6. The molecule has 1 aliphatic carbocycles. The van der Waals surface area contributed by atoms with Crippen LogP contribution in [0.3, 0.4) is 0 Å². The van der Waals surface area contributed by atoms with Crippen LogP contribution in [0.1, 0.15) is 55.3 Å². The summed E-state index contributed by atoms with van der Waals surface area (Å²) in [7, 11) is 0. The zero-order chi connectivity index (χ0) is 21.9. The monoisotopic (exact) mass is 444 g/mol. The van der Waals surface area contributed by atoms with E-state index >= 15 is 0 Å². The number of hydroxylamine groups is 1. The Bertz CT molecular complexity index is 1040. The fourth-order valence-electron chi connectivity index (χ4n) is 5.54. The molecule has 2 aromatic rings. The summed E-state index contributed by atoms with van der Waals surface area (Å²) in [6.07, 6.45) is 2.43. The minimum Gasteiger partial charge on any atom is -0.383 e. The Kier molecular flexibility index (Phi) is 4.87. The van der Waals surface area contributed by atoms with Crippen LogP contribution in [0.2, 0.25) is 0 Å². The predicted octanol–water partition coefficient (Wildman–Crippen LogP) is 2.94. The van der Waals surface area contributed by atoms with Gasteiger partial charge in [0.25, 0.3) is 6.43 Å². The first-order valence-electron chi connectivity index (χ1n) is 11.2. The van der Waals surface area contributed by atoms with E-state index < -0.39 is 12.0 Å². The molecule has 5 unspecified atom stereocenters. The van der Waals surface area contributed by atoms with Crippen molar-refractivity contribution in [2.75, 3.05) is 32.0 Å². The first-order valence-corrected chi connectivity index (χ1v) is 11.2. The van der Waals surface area contributed by atoms with Crippen molar-refractivity contribution in [1.29, 1.82) is 0 Å². The van der Waals surface area contributed by atoms with Gasteiger partial charge in [-0.2, -0.15) is 5.48 Å². The van der Waals surface area contributed by atoms with E-state index in [9.17, 15) is 8.78 Å². The Balaban J connectivity index is 1.46. The van der Waals surface area contributed by atoms with Gasteiger partial charge in [0.05, 0.1) is 35.7 Å². The number of nitrogens with one attached hydrogen (secondary N) is 1. The molecule has 0 amide bonds. The molecule has 3 saturated heterocycles. The number of ether oxygens (including phenoxy) is 1. The molecular weight excluding hydrogens is 418 g/mol. The number of alkyl halides is 2. The highest BCUT2D eigenvalue weighted by Gasteiger charge is 2.46. The normalized spacial score (nSPS) is 33.7. The van der Waals surface area contributed by atoms with Gasteiger partial charge in [0.1, 0.15) is 5.82 Å². The minimum absolute atomic E-state index is 0.182. The van der Waals surface area contributed by atoms with Gasteiger partial charge in [-0.25, -0.2) is 23.7 Å². The number of hydrogen-bond acceptors (Lipinski definition) is 8. The van der Waals surface area contributed by atoms with Crippen molar-refractivity contribution in [2.24, 2.45) is 11.8 Å². The van der Waals surface area contributed by atoms with E-state index in [1.54, 1.807) is 0 Å². The molecule has 2 aromatic heterocycles. The van der Waals surface area contributed by atoms with Crippen LogP contribution in [0.25, 0.3) is 11.4 Å². The highest BCUT2D eigenvalue weighted by molar-refractivity contribution is 5.59. The molecule has 4 bridgehead atoms. The van der Waals surface area contributed by atoms with Gasteiger partial charge in [-0.3, -0.25) is 4.90 Å². The largest absolute Gasteiger partial charge is 0.383 e. The van der Waals surface area contributed by atoms with Crippen molar-refractivity contribution < 1.29 is 18.4 Å². The summed E-state index contributed by atoms with van der Waals surface area (Å²) >= 11 is 0. The number of aromatic nitrogens is 3. The number of nitrogens with zero attached hydrogens (tertiary/aromatic N) is 4. The lowest BCUT2D eigenvalue weighted by atomic mass is 9.91. The summed E-state index contributed by atoms with van der Waals surface area (Å²) in [5.41, 5.74) is 10.1. The van der Waals surface area contributed by atoms with Crippen molar-refractivity contribution >= 4 is 5.82 Å². The van der Waals surface area contributed by atoms with Crippen LogP contribution < -0.4 is 11.2 Å². The van der Waals surface area contributed by atoms with E-state index in [0.717, 1.165) is 50.2 Å². The maximum atomic E-state index is 13.5. The summed E-state index contributed by atoms with van der Waals surface area (Å²) in [6, 6.07) is 3.33. The predicted molar refractivity (Wildman–Crippen MR) is 111 cm³/mol. The first kappa shape index (κ1) is 20.3. The molecule has 3 aliphatic heterocycles. The Hall–Kier alpha value is -2.27. The highest BCUT2D eigenvalue weighted by atomic mass is 19.3. The average molecular weight is 444 g/mol. The third-order valence-corrected chi connectivity index (χ3v) is 7.27. The van der Waals surface area contributed by atoms with Crippen molar-refractivity contribution in [3.63, 3.8) is 0 Å². The van der Waals surface area contributed by atoms with Gasteiger partial charge in [-0.15, -0.1) is 0 Å². The molecule has 4 fully saturated rings. The number of pyridine rings is 1. The number of halogens is 2. The fourth-order valence-corrected chi connectivity index (χ4v) is 5.54. The van der Waals surface area contributed by atoms with Crippen LogP contribution in [-0.4, -0.2) is 46.2 Å². The Morgan fingerprint density at radius 2 is 2.09 bits per heavy atom. The minimum atomic E-state index is -2.73. The van der Waals surface area contributed by atoms with Crippen LogP contribution >= 0.6 is 0 Å².